The summed E-state index contributed by atoms with van der Waals surface area (Å²) in [5.41, 5.74) is 1.01. The second-order valence-corrected chi connectivity index (χ2v) is 4.44. The highest BCUT2D eigenvalue weighted by molar-refractivity contribution is 5.73. The molecule has 0 aromatic heterocycles. The van der Waals surface area contributed by atoms with Crippen LogP contribution in [0.25, 0.3) is 0 Å². The van der Waals surface area contributed by atoms with Crippen LogP contribution in [0.4, 0.5) is 4.79 Å². The predicted molar refractivity (Wildman–Crippen MR) is 79.6 cm³/mol. The Morgan fingerprint density at radius 2 is 1.90 bits per heavy atom. The fraction of sp³-hybridized carbons (Fsp3) is 0.533. The molecule has 0 aliphatic heterocycles. The molecule has 0 unspecified atom stereocenters. The van der Waals surface area contributed by atoms with Gasteiger partial charge in [0.15, 0.2) is 11.5 Å². The van der Waals surface area contributed by atoms with E-state index < -0.39 is 0 Å². The zero-order chi connectivity index (χ0) is 14.8. The summed E-state index contributed by atoms with van der Waals surface area (Å²) >= 11 is 0. The van der Waals surface area contributed by atoms with Gasteiger partial charge in [-0.15, -0.1) is 0 Å². The van der Waals surface area contributed by atoms with Crippen molar-refractivity contribution in [1.82, 2.24) is 10.6 Å². The summed E-state index contributed by atoms with van der Waals surface area (Å²) < 4.78 is 10.6. The van der Waals surface area contributed by atoms with Gasteiger partial charge in [-0.3, -0.25) is 0 Å². The van der Waals surface area contributed by atoms with Crippen LogP contribution < -0.4 is 20.1 Å². The van der Waals surface area contributed by atoms with Crippen molar-refractivity contribution in [2.45, 2.75) is 26.2 Å². The lowest BCUT2D eigenvalue weighted by atomic mass is 10.1. The molecule has 0 fully saturated rings. The molecule has 1 aromatic rings. The van der Waals surface area contributed by atoms with Crippen molar-refractivity contribution in [3.63, 3.8) is 0 Å². The lowest BCUT2D eigenvalue weighted by Gasteiger charge is -2.13. The van der Waals surface area contributed by atoms with E-state index in [1.165, 1.54) is 0 Å². The molecule has 0 atom stereocenters. The Morgan fingerprint density at radius 3 is 2.55 bits per heavy atom. The maximum absolute atomic E-state index is 11.5. The van der Waals surface area contributed by atoms with Gasteiger partial charge >= 0.3 is 6.03 Å². The molecular weight excluding hydrogens is 256 g/mol. The van der Waals surface area contributed by atoms with E-state index in [0.717, 1.165) is 24.2 Å². The number of para-hydroxylation sites is 1. The number of ether oxygens (including phenoxy) is 2. The van der Waals surface area contributed by atoms with Gasteiger partial charge < -0.3 is 20.1 Å². The van der Waals surface area contributed by atoms with Gasteiger partial charge in [-0.05, 0) is 24.5 Å². The van der Waals surface area contributed by atoms with Crippen LogP contribution in [0.2, 0.25) is 0 Å². The van der Waals surface area contributed by atoms with Gasteiger partial charge in [0.1, 0.15) is 0 Å². The molecule has 0 aliphatic carbocycles. The Hall–Kier alpha value is -1.91. The van der Waals surface area contributed by atoms with E-state index in [1.54, 1.807) is 14.2 Å². The van der Waals surface area contributed by atoms with Crippen LogP contribution in [-0.2, 0) is 6.42 Å². The number of carbonyl (C=O) groups is 1. The van der Waals surface area contributed by atoms with Crippen molar-refractivity contribution >= 4 is 6.03 Å². The van der Waals surface area contributed by atoms with E-state index in [4.69, 9.17) is 9.47 Å². The molecule has 5 heteroatoms. The summed E-state index contributed by atoms with van der Waals surface area (Å²) in [6.45, 7) is 3.36. The number of rotatable bonds is 8. The molecule has 1 rings (SSSR count). The summed E-state index contributed by atoms with van der Waals surface area (Å²) in [6.07, 6.45) is 2.76. The topological polar surface area (TPSA) is 59.6 Å². The normalized spacial score (nSPS) is 9.95. The zero-order valence-electron chi connectivity index (χ0n) is 12.5. The second kappa shape index (κ2) is 9.07. The number of benzene rings is 1. The van der Waals surface area contributed by atoms with Crippen molar-refractivity contribution in [3.05, 3.63) is 23.8 Å². The summed E-state index contributed by atoms with van der Waals surface area (Å²) in [7, 11) is 3.23. The van der Waals surface area contributed by atoms with Gasteiger partial charge in [0.25, 0.3) is 0 Å². The third-order valence-electron chi connectivity index (χ3n) is 2.98. The Bertz CT molecular complexity index is 422. The van der Waals surface area contributed by atoms with Crippen molar-refractivity contribution < 1.29 is 14.3 Å². The molecule has 0 spiro atoms. The smallest absolute Gasteiger partial charge is 0.314 e. The molecule has 5 nitrogen and oxygen atoms in total. The summed E-state index contributed by atoms with van der Waals surface area (Å²) in [6, 6.07) is 5.61. The number of methoxy groups -OCH3 is 2. The van der Waals surface area contributed by atoms with Gasteiger partial charge in [0.05, 0.1) is 14.2 Å². The minimum atomic E-state index is -0.125. The third-order valence-corrected chi connectivity index (χ3v) is 2.98. The molecule has 0 bridgehead atoms. The average molecular weight is 280 g/mol. The molecule has 2 N–H and O–H groups in total. The Kier molecular flexibility index (Phi) is 7.32. The number of hydrogen-bond donors (Lipinski definition) is 2. The molecule has 0 saturated carbocycles. The highest BCUT2D eigenvalue weighted by Gasteiger charge is 2.09. The monoisotopic (exact) mass is 280 g/mol. The average Bonchev–Trinajstić information content (AvgIpc) is 2.47. The van der Waals surface area contributed by atoms with Gasteiger partial charge in [0, 0.05) is 13.1 Å². The molecule has 1 aromatic carbocycles. The van der Waals surface area contributed by atoms with E-state index in [0.29, 0.717) is 25.3 Å². The Labute approximate surface area is 120 Å². The first kappa shape index (κ1) is 16.1. The van der Waals surface area contributed by atoms with Crippen LogP contribution in [0.5, 0.6) is 11.5 Å². The van der Waals surface area contributed by atoms with Crippen LogP contribution in [0.1, 0.15) is 25.3 Å². The van der Waals surface area contributed by atoms with E-state index in [-0.39, 0.29) is 6.03 Å². The lowest BCUT2D eigenvalue weighted by Crippen LogP contribution is -2.37. The maximum Gasteiger partial charge on any atom is 0.314 e. The second-order valence-electron chi connectivity index (χ2n) is 4.44. The van der Waals surface area contributed by atoms with Crippen LogP contribution in [0.3, 0.4) is 0 Å². The number of nitrogens with one attached hydrogen (secondary N) is 2. The molecule has 2 amide bonds. The third kappa shape index (κ3) is 4.99. The number of amides is 2. The zero-order valence-corrected chi connectivity index (χ0v) is 12.5. The summed E-state index contributed by atoms with van der Waals surface area (Å²) in [5, 5.41) is 5.65. The minimum absolute atomic E-state index is 0.125. The molecule has 0 radical (unpaired) electrons. The SMILES string of the molecule is CCCCNC(=O)NCCc1cccc(OC)c1OC. The maximum atomic E-state index is 11.5. The van der Waals surface area contributed by atoms with Crippen molar-refractivity contribution in [2.24, 2.45) is 0 Å². The standard InChI is InChI=1S/C15H24N2O3/c1-4-5-10-16-15(18)17-11-9-12-7-6-8-13(19-2)14(12)20-3/h6-8H,4-5,9-11H2,1-3H3,(H2,16,17,18). The van der Waals surface area contributed by atoms with Crippen molar-refractivity contribution in [3.8, 4) is 11.5 Å². The van der Waals surface area contributed by atoms with Crippen LogP contribution >= 0.6 is 0 Å². The van der Waals surface area contributed by atoms with Crippen LogP contribution in [-0.4, -0.2) is 33.3 Å². The van der Waals surface area contributed by atoms with E-state index in [2.05, 4.69) is 17.6 Å². The number of hydrogen-bond acceptors (Lipinski definition) is 3. The molecule has 0 saturated heterocycles. The van der Waals surface area contributed by atoms with Gasteiger partial charge in [-0.1, -0.05) is 25.5 Å². The minimum Gasteiger partial charge on any atom is -0.493 e. The highest BCUT2D eigenvalue weighted by Crippen LogP contribution is 2.30. The molecule has 112 valence electrons. The Morgan fingerprint density at radius 1 is 1.15 bits per heavy atom. The molecular formula is C15H24N2O3. The van der Waals surface area contributed by atoms with Crippen molar-refractivity contribution in [1.29, 1.82) is 0 Å². The van der Waals surface area contributed by atoms with Gasteiger partial charge in [-0.2, -0.15) is 0 Å². The first-order chi connectivity index (χ1) is 9.72. The first-order valence-electron chi connectivity index (χ1n) is 6.94. The number of unbranched alkanes of at least 4 members (excludes halogenated alkanes) is 1. The highest BCUT2D eigenvalue weighted by atomic mass is 16.5. The summed E-state index contributed by atoms with van der Waals surface area (Å²) in [5.74, 6) is 1.43. The van der Waals surface area contributed by atoms with Gasteiger partial charge in [-0.25, -0.2) is 4.79 Å². The van der Waals surface area contributed by atoms with E-state index in [9.17, 15) is 4.79 Å². The van der Waals surface area contributed by atoms with Crippen LogP contribution in [0.15, 0.2) is 18.2 Å². The van der Waals surface area contributed by atoms with Crippen molar-refractivity contribution in [2.75, 3.05) is 27.3 Å². The van der Waals surface area contributed by atoms with Gasteiger partial charge in [0.2, 0.25) is 0 Å². The molecule has 20 heavy (non-hydrogen) atoms. The predicted octanol–water partition coefficient (Wildman–Crippen LogP) is 2.35. The first-order valence-corrected chi connectivity index (χ1v) is 6.94. The summed E-state index contributed by atoms with van der Waals surface area (Å²) in [4.78, 5) is 11.5. The number of carbonyl (C=O) groups excluding carboxylic acids is 1. The van der Waals surface area contributed by atoms with Crippen LogP contribution in [0, 0.1) is 0 Å². The van der Waals surface area contributed by atoms with E-state index in [1.807, 2.05) is 18.2 Å². The quantitative estimate of drug-likeness (QED) is 0.719. The Balaban J connectivity index is 2.44. The fourth-order valence-corrected chi connectivity index (χ4v) is 1.90. The molecule has 0 aliphatic rings. The fourth-order valence-electron chi connectivity index (χ4n) is 1.90. The van der Waals surface area contributed by atoms with E-state index >= 15 is 0 Å². The number of urea groups is 1. The lowest BCUT2D eigenvalue weighted by molar-refractivity contribution is 0.241. The molecule has 0 heterocycles. The largest absolute Gasteiger partial charge is 0.493 e.